The van der Waals surface area contributed by atoms with Crippen molar-refractivity contribution < 1.29 is 10.2 Å². The Kier molecular flexibility index (Phi) is 9.05. The highest BCUT2D eigenvalue weighted by Crippen LogP contribution is 2.38. The number of aromatic hydroxyl groups is 1. The Morgan fingerprint density at radius 3 is 1.85 bits per heavy atom. The molecule has 0 fully saturated rings. The molecule has 1 atom stereocenters. The fourth-order valence-electron chi connectivity index (χ4n) is 2.63. The molecule has 0 radical (unpaired) electrons. The van der Waals surface area contributed by atoms with Gasteiger partial charge in [-0.3, -0.25) is 4.99 Å². The third-order valence-electron chi connectivity index (χ3n) is 4.49. The zero-order valence-electron chi connectivity index (χ0n) is 18.9. The van der Waals surface area contributed by atoms with Crippen LogP contribution in [0.15, 0.2) is 17.1 Å². The maximum Gasteiger partial charge on any atom is 0.128 e. The number of phenols is 1. The normalized spacial score (nSPS) is 14.1. The molecule has 0 aliphatic carbocycles. The average molecular weight is 364 g/mol. The first-order valence-corrected chi connectivity index (χ1v) is 9.82. The predicted molar refractivity (Wildman–Crippen MR) is 115 cm³/mol. The number of aliphatic imine (C=N–C) groups is 1. The number of phenolic OH excluding ortho intramolecular Hbond substituents is 1. The molecule has 0 saturated heterocycles. The number of aliphatic hydroxyl groups excluding tert-OH is 1. The van der Waals surface area contributed by atoms with E-state index in [4.69, 9.17) is 0 Å². The van der Waals surface area contributed by atoms with Gasteiger partial charge in [-0.05, 0) is 35.3 Å². The van der Waals surface area contributed by atoms with E-state index in [9.17, 15) is 10.2 Å². The Hall–Kier alpha value is -1.35. The fourth-order valence-corrected chi connectivity index (χ4v) is 2.63. The van der Waals surface area contributed by atoms with Gasteiger partial charge in [-0.2, -0.15) is 0 Å². The lowest BCUT2D eigenvalue weighted by molar-refractivity contribution is 0.240. The lowest BCUT2D eigenvalue weighted by Gasteiger charge is -2.28. The Labute approximate surface area is 161 Å². The zero-order valence-corrected chi connectivity index (χ0v) is 18.9. The number of hydrogen-bond donors (Lipinski definition) is 2. The minimum atomic E-state index is -0.158. The van der Waals surface area contributed by atoms with Crippen LogP contribution in [0.5, 0.6) is 5.75 Å². The Morgan fingerprint density at radius 1 is 1.00 bits per heavy atom. The van der Waals surface area contributed by atoms with Crippen molar-refractivity contribution in [2.24, 2.45) is 10.9 Å². The minimum absolute atomic E-state index is 0.0147. The molecule has 0 heterocycles. The first-order chi connectivity index (χ1) is 11.8. The van der Waals surface area contributed by atoms with Crippen molar-refractivity contribution in [3.05, 3.63) is 28.8 Å². The summed E-state index contributed by atoms with van der Waals surface area (Å²) in [7, 11) is 0. The van der Waals surface area contributed by atoms with Crippen molar-refractivity contribution in [2.75, 3.05) is 6.61 Å². The van der Waals surface area contributed by atoms with E-state index in [1.807, 2.05) is 40.7 Å². The standard InChI is InChI=1S/C21H35NO2.C2H6/c1-13(2)18(12-23)22-14(3)16-10-15(20(4,5)6)11-17(19(16)24)21(7,8)9;1-2/h10-11,13,18,23-24H,12H2,1-9H3;1-2H3. The molecular formula is C23H41NO2. The van der Waals surface area contributed by atoms with Gasteiger partial charge in [0.2, 0.25) is 0 Å². The van der Waals surface area contributed by atoms with Crippen LogP contribution >= 0.6 is 0 Å². The minimum Gasteiger partial charge on any atom is -0.507 e. The molecule has 2 N–H and O–H groups in total. The molecule has 150 valence electrons. The van der Waals surface area contributed by atoms with E-state index in [1.54, 1.807) is 0 Å². The lowest BCUT2D eigenvalue weighted by Crippen LogP contribution is -2.21. The quantitative estimate of drug-likeness (QED) is 0.660. The molecule has 1 unspecified atom stereocenters. The Balaban J connectivity index is 0.00000301. The number of benzene rings is 1. The number of rotatable bonds is 4. The zero-order chi connectivity index (χ0) is 20.9. The molecule has 3 nitrogen and oxygen atoms in total. The largest absolute Gasteiger partial charge is 0.507 e. The molecule has 0 amide bonds. The van der Waals surface area contributed by atoms with Crippen LogP contribution in [0.2, 0.25) is 0 Å². The summed E-state index contributed by atoms with van der Waals surface area (Å²) in [5.41, 5.74) is 3.49. The highest BCUT2D eigenvalue weighted by Gasteiger charge is 2.26. The molecule has 1 aromatic rings. The van der Waals surface area contributed by atoms with E-state index in [0.717, 1.165) is 16.8 Å². The number of hydrogen-bond acceptors (Lipinski definition) is 3. The first-order valence-electron chi connectivity index (χ1n) is 9.82. The van der Waals surface area contributed by atoms with Crippen LogP contribution < -0.4 is 0 Å². The monoisotopic (exact) mass is 363 g/mol. The van der Waals surface area contributed by atoms with Crippen molar-refractivity contribution in [1.29, 1.82) is 0 Å². The van der Waals surface area contributed by atoms with Gasteiger partial charge < -0.3 is 10.2 Å². The first kappa shape index (κ1) is 24.7. The lowest BCUT2D eigenvalue weighted by atomic mass is 9.78. The summed E-state index contributed by atoms with van der Waals surface area (Å²) in [4.78, 5) is 4.68. The second-order valence-electron chi connectivity index (χ2n) is 9.13. The molecule has 0 bridgehead atoms. The Bertz CT molecular complexity index is 602. The van der Waals surface area contributed by atoms with Gasteiger partial charge in [0.15, 0.2) is 0 Å². The molecule has 0 aromatic heterocycles. The van der Waals surface area contributed by atoms with Gasteiger partial charge in [-0.25, -0.2) is 0 Å². The molecule has 0 aliphatic rings. The second kappa shape index (κ2) is 9.55. The molecule has 26 heavy (non-hydrogen) atoms. The van der Waals surface area contributed by atoms with Crippen LogP contribution in [0.3, 0.4) is 0 Å². The summed E-state index contributed by atoms with van der Waals surface area (Å²) in [5, 5.41) is 20.4. The van der Waals surface area contributed by atoms with E-state index < -0.39 is 0 Å². The van der Waals surface area contributed by atoms with Crippen LogP contribution in [0.1, 0.15) is 92.9 Å². The molecule has 0 spiro atoms. The van der Waals surface area contributed by atoms with Gasteiger partial charge in [-0.15, -0.1) is 0 Å². The maximum absolute atomic E-state index is 10.9. The van der Waals surface area contributed by atoms with Crippen LogP contribution in [-0.2, 0) is 10.8 Å². The van der Waals surface area contributed by atoms with Gasteiger partial charge in [-0.1, -0.05) is 75.3 Å². The van der Waals surface area contributed by atoms with Crippen LogP contribution in [-0.4, -0.2) is 28.6 Å². The van der Waals surface area contributed by atoms with Crippen LogP contribution in [0, 0.1) is 5.92 Å². The fraction of sp³-hybridized carbons (Fsp3) is 0.696. The molecule has 1 rings (SSSR count). The SMILES string of the molecule is CC.CC(=NC(CO)C(C)C)c1cc(C(C)(C)C)cc(C(C)(C)C)c1O. The summed E-state index contributed by atoms with van der Waals surface area (Å²) >= 11 is 0. The molecule has 0 saturated carbocycles. The summed E-state index contributed by atoms with van der Waals surface area (Å²) < 4.78 is 0. The van der Waals surface area contributed by atoms with Crippen LogP contribution in [0.25, 0.3) is 0 Å². The van der Waals surface area contributed by atoms with E-state index in [1.165, 1.54) is 5.56 Å². The van der Waals surface area contributed by atoms with Gasteiger partial charge in [0.05, 0.1) is 12.6 Å². The predicted octanol–water partition coefficient (Wildman–Crippen LogP) is 5.84. The average Bonchev–Trinajstić information content (AvgIpc) is 2.51. The summed E-state index contributed by atoms with van der Waals surface area (Å²) in [6.45, 7) is 22.9. The molecular weight excluding hydrogens is 322 g/mol. The Morgan fingerprint density at radius 2 is 1.50 bits per heavy atom. The van der Waals surface area contributed by atoms with Crippen molar-refractivity contribution in [3.8, 4) is 5.75 Å². The van der Waals surface area contributed by atoms with Gasteiger partial charge in [0, 0.05) is 16.8 Å². The maximum atomic E-state index is 10.9. The van der Waals surface area contributed by atoms with Crippen molar-refractivity contribution in [1.82, 2.24) is 0 Å². The van der Waals surface area contributed by atoms with Gasteiger partial charge >= 0.3 is 0 Å². The van der Waals surface area contributed by atoms with Crippen molar-refractivity contribution in [3.63, 3.8) is 0 Å². The summed E-state index contributed by atoms with van der Waals surface area (Å²) in [5.74, 6) is 0.553. The second-order valence-corrected chi connectivity index (χ2v) is 9.13. The van der Waals surface area contributed by atoms with Crippen LogP contribution in [0.4, 0.5) is 0 Å². The third kappa shape index (κ3) is 6.42. The van der Waals surface area contributed by atoms with Gasteiger partial charge in [0.25, 0.3) is 0 Å². The molecule has 0 aliphatic heterocycles. The summed E-state index contributed by atoms with van der Waals surface area (Å²) in [6, 6.07) is 4.00. The van der Waals surface area contributed by atoms with Crippen molar-refractivity contribution >= 4 is 5.71 Å². The number of nitrogens with zero attached hydrogens (tertiary/aromatic N) is 1. The van der Waals surface area contributed by atoms with E-state index in [0.29, 0.717) is 5.75 Å². The highest BCUT2D eigenvalue weighted by atomic mass is 16.3. The van der Waals surface area contributed by atoms with Gasteiger partial charge in [0.1, 0.15) is 5.75 Å². The number of aliphatic hydroxyl groups is 1. The highest BCUT2D eigenvalue weighted by molar-refractivity contribution is 6.01. The molecule has 1 aromatic carbocycles. The van der Waals surface area contributed by atoms with E-state index >= 15 is 0 Å². The van der Waals surface area contributed by atoms with E-state index in [2.05, 4.69) is 52.6 Å². The van der Waals surface area contributed by atoms with E-state index in [-0.39, 0.29) is 29.4 Å². The summed E-state index contributed by atoms with van der Waals surface area (Å²) in [6.07, 6.45) is 0. The topological polar surface area (TPSA) is 52.8 Å². The smallest absolute Gasteiger partial charge is 0.128 e. The molecule has 3 heteroatoms. The third-order valence-corrected chi connectivity index (χ3v) is 4.49. The van der Waals surface area contributed by atoms with Crippen molar-refractivity contribution in [2.45, 2.75) is 93.0 Å².